The number of aliphatic hydroxyl groups excluding tert-OH is 1. The van der Waals surface area contributed by atoms with Gasteiger partial charge in [-0.25, -0.2) is 0 Å². The summed E-state index contributed by atoms with van der Waals surface area (Å²) >= 11 is -3.29. The molecule has 0 saturated heterocycles. The van der Waals surface area contributed by atoms with Gasteiger partial charge < -0.3 is 14.6 Å². The van der Waals surface area contributed by atoms with Crippen LogP contribution in [-0.4, -0.2) is 61.6 Å². The van der Waals surface area contributed by atoms with Crippen molar-refractivity contribution in [3.8, 4) is 0 Å². The molecule has 0 aliphatic heterocycles. The van der Waals surface area contributed by atoms with E-state index in [-0.39, 0.29) is 0 Å². The summed E-state index contributed by atoms with van der Waals surface area (Å²) in [4.78, 5) is 0. The smallest absolute Gasteiger partial charge is 0.396 e. The molecule has 0 rings (SSSR count). The molecule has 7 nitrogen and oxygen atoms in total. The standard InChI is InChI=1S/C32H65O5.H2O.O.Ti/c33-25-17-9-1-3-11-19-27-35-29-21-13-5-7-15-23-31-37-32-24-16-8-6-14-22-30-36-28-20-12-4-2-10-18-26-34;;;/h33H,1-32H2;1H2;;/q-1;;;+2/p-1. The minimum Gasteiger partial charge on any atom is -0.396 e. The Kier molecular flexibility index (Phi) is 37.6. The first-order chi connectivity index (χ1) is 19.8. The van der Waals surface area contributed by atoms with E-state index in [1.165, 1.54) is 122 Å². The summed E-state index contributed by atoms with van der Waals surface area (Å²) in [6, 6.07) is 0. The molecule has 0 aromatic carbocycles. The fourth-order valence-electron chi connectivity index (χ4n) is 4.73. The number of unbranched alkanes of at least 4 members (excludes halogenated alkanes) is 20. The quantitative estimate of drug-likeness (QED) is 0.0546. The van der Waals surface area contributed by atoms with Crippen LogP contribution in [0.1, 0.15) is 154 Å². The molecule has 0 atom stereocenters. The average molecular weight is 611 g/mol. The molecule has 0 radical (unpaired) electrons. The summed E-state index contributed by atoms with van der Waals surface area (Å²) in [5, 5.41) is 8.76. The van der Waals surface area contributed by atoms with Crippen LogP contribution in [0.15, 0.2) is 0 Å². The second-order valence-electron chi connectivity index (χ2n) is 11.2. The van der Waals surface area contributed by atoms with Gasteiger partial charge in [0, 0.05) is 33.0 Å². The summed E-state index contributed by atoms with van der Waals surface area (Å²) in [6.07, 6.45) is 28.8. The molecule has 0 amide bonds. The molecule has 0 aromatic heterocycles. The van der Waals surface area contributed by atoms with Crippen molar-refractivity contribution in [1.82, 2.24) is 0 Å². The summed E-state index contributed by atoms with van der Waals surface area (Å²) in [5.41, 5.74) is 0. The van der Waals surface area contributed by atoms with Crippen LogP contribution < -0.4 is 0 Å². The Morgan fingerprint density at radius 3 is 0.825 bits per heavy atom. The van der Waals surface area contributed by atoms with Gasteiger partial charge in [-0.15, -0.1) is 0 Å². The van der Waals surface area contributed by atoms with Crippen LogP contribution in [0, 0.1) is 0 Å². The van der Waals surface area contributed by atoms with E-state index in [0.29, 0.717) is 13.2 Å². The molecule has 2 N–H and O–H groups in total. The SMILES string of the molecule is [O]=[Ti]([OH])[O]CCCCCCCCOCCCCCCCCOCCCCCCCCOCCCCCCCCO. The van der Waals surface area contributed by atoms with Gasteiger partial charge in [0.05, 0.1) is 0 Å². The van der Waals surface area contributed by atoms with E-state index in [0.717, 1.165) is 71.7 Å². The molecular weight excluding hydrogens is 544 g/mol. The van der Waals surface area contributed by atoms with Gasteiger partial charge in [0.2, 0.25) is 0 Å². The molecule has 0 aliphatic carbocycles. The van der Waals surface area contributed by atoms with E-state index in [1.54, 1.807) is 0 Å². The summed E-state index contributed by atoms with van der Waals surface area (Å²) in [7, 11) is 0. The van der Waals surface area contributed by atoms with Crippen molar-refractivity contribution in [3.05, 3.63) is 0 Å². The first kappa shape index (κ1) is 40.3. The maximum atomic E-state index is 10.5. The molecule has 240 valence electrons. The molecular formula is C32H66O7Ti. The molecule has 0 saturated carbocycles. The van der Waals surface area contributed by atoms with Gasteiger partial charge in [-0.3, -0.25) is 0 Å². The zero-order chi connectivity index (χ0) is 29.0. The Hall–Kier alpha value is 0.274. The molecule has 0 heterocycles. The second-order valence-corrected chi connectivity index (χ2v) is 12.4. The third-order valence-corrected chi connectivity index (χ3v) is 7.96. The molecule has 0 aliphatic rings. The predicted octanol–water partition coefficient (Wildman–Crippen LogP) is 8.19. The Balaban J connectivity index is 3.03. The fourth-order valence-corrected chi connectivity index (χ4v) is 5.23. The first-order valence-corrected chi connectivity index (χ1v) is 18.9. The molecule has 8 heteroatoms. The number of ether oxygens (including phenoxy) is 3. The van der Waals surface area contributed by atoms with Crippen molar-refractivity contribution in [2.75, 3.05) is 52.9 Å². The molecule has 0 aromatic rings. The van der Waals surface area contributed by atoms with Crippen LogP contribution in [0.3, 0.4) is 0 Å². The van der Waals surface area contributed by atoms with E-state index in [9.17, 15) is 3.32 Å². The van der Waals surface area contributed by atoms with Gasteiger partial charge in [0.25, 0.3) is 0 Å². The van der Waals surface area contributed by atoms with Gasteiger partial charge in [0.15, 0.2) is 0 Å². The second kappa shape index (κ2) is 37.3. The van der Waals surface area contributed by atoms with Gasteiger partial charge in [-0.2, -0.15) is 0 Å². The number of hydrogen-bond donors (Lipinski definition) is 2. The Labute approximate surface area is 254 Å². The minimum absolute atomic E-state index is 0.334. The van der Waals surface area contributed by atoms with Crippen molar-refractivity contribution in [1.29, 1.82) is 0 Å². The van der Waals surface area contributed by atoms with E-state index in [4.69, 9.17) is 26.3 Å². The van der Waals surface area contributed by atoms with Crippen LogP contribution in [-0.2, 0) is 39.5 Å². The number of hydrogen-bond acceptors (Lipinski definition) is 6. The monoisotopic (exact) mass is 610 g/mol. The topological polar surface area (TPSA) is 94.5 Å². The van der Waals surface area contributed by atoms with Gasteiger partial charge in [-0.05, 0) is 32.1 Å². The van der Waals surface area contributed by atoms with Crippen LogP contribution in [0.2, 0.25) is 0 Å². The maximum absolute atomic E-state index is 10.5. The summed E-state index contributed by atoms with van der Waals surface area (Å²) in [5.74, 6) is 0. The summed E-state index contributed by atoms with van der Waals surface area (Å²) < 4.78 is 41.2. The van der Waals surface area contributed by atoms with Crippen LogP contribution in [0.5, 0.6) is 0 Å². The summed E-state index contributed by atoms with van der Waals surface area (Å²) in [6.45, 7) is 6.20. The predicted molar refractivity (Wildman–Crippen MR) is 159 cm³/mol. The molecule has 0 unspecified atom stereocenters. The fraction of sp³-hybridized carbons (Fsp3) is 1.00. The third kappa shape index (κ3) is 38.3. The van der Waals surface area contributed by atoms with E-state index in [1.807, 2.05) is 0 Å². The molecule has 40 heavy (non-hydrogen) atoms. The van der Waals surface area contributed by atoms with Gasteiger partial charge >= 0.3 is 98.5 Å². The zero-order valence-electron chi connectivity index (χ0n) is 26.1. The van der Waals surface area contributed by atoms with E-state index < -0.39 is 18.6 Å². The van der Waals surface area contributed by atoms with Crippen molar-refractivity contribution in [2.24, 2.45) is 0 Å². The molecule has 0 fully saturated rings. The Morgan fingerprint density at radius 1 is 0.350 bits per heavy atom. The van der Waals surface area contributed by atoms with Crippen molar-refractivity contribution >= 4 is 0 Å². The van der Waals surface area contributed by atoms with Crippen LogP contribution in [0.25, 0.3) is 0 Å². The van der Waals surface area contributed by atoms with Gasteiger partial charge in [-0.1, -0.05) is 77.0 Å². The van der Waals surface area contributed by atoms with Crippen molar-refractivity contribution in [2.45, 2.75) is 154 Å². The van der Waals surface area contributed by atoms with Gasteiger partial charge in [0.1, 0.15) is 0 Å². The molecule has 0 spiro atoms. The average Bonchev–Trinajstić information content (AvgIpc) is 2.95. The van der Waals surface area contributed by atoms with E-state index in [2.05, 4.69) is 0 Å². The minimum atomic E-state index is -3.29. The third-order valence-electron chi connectivity index (χ3n) is 7.26. The Morgan fingerprint density at radius 2 is 0.575 bits per heavy atom. The molecule has 0 bridgehead atoms. The first-order valence-electron chi connectivity index (χ1n) is 17.0. The Bertz CT molecular complexity index is 482. The van der Waals surface area contributed by atoms with Crippen LogP contribution >= 0.6 is 0 Å². The number of aliphatic hydroxyl groups is 1. The van der Waals surface area contributed by atoms with Crippen LogP contribution in [0.4, 0.5) is 0 Å². The van der Waals surface area contributed by atoms with E-state index >= 15 is 0 Å². The zero-order valence-corrected chi connectivity index (χ0v) is 27.6. The number of rotatable bonds is 36. The van der Waals surface area contributed by atoms with Crippen molar-refractivity contribution in [3.63, 3.8) is 0 Å². The van der Waals surface area contributed by atoms with Crippen molar-refractivity contribution < 1.29 is 48.3 Å². The normalized spacial score (nSPS) is 11.4.